The van der Waals surface area contributed by atoms with Gasteiger partial charge in [-0.2, -0.15) is 0 Å². The Bertz CT molecular complexity index is 405. The van der Waals surface area contributed by atoms with Crippen LogP contribution in [0, 0.1) is 11.8 Å². The Kier molecular flexibility index (Phi) is 5.41. The van der Waals surface area contributed by atoms with Gasteiger partial charge in [-0.15, -0.1) is 11.6 Å². The molecule has 3 heteroatoms. The summed E-state index contributed by atoms with van der Waals surface area (Å²) in [5.41, 5.74) is 1.23. The molecule has 0 radical (unpaired) electrons. The predicted molar refractivity (Wildman–Crippen MR) is 83.6 cm³/mol. The number of hydrogen-bond acceptors (Lipinski definition) is 0. The minimum absolute atomic E-state index is 0.313. The number of alkyl halides is 1. The van der Waals surface area contributed by atoms with Gasteiger partial charge in [0.2, 0.25) is 0 Å². The van der Waals surface area contributed by atoms with Crippen molar-refractivity contribution in [2.24, 2.45) is 11.8 Å². The van der Waals surface area contributed by atoms with Gasteiger partial charge in [0.05, 0.1) is 0 Å². The van der Waals surface area contributed by atoms with E-state index >= 15 is 0 Å². The summed E-state index contributed by atoms with van der Waals surface area (Å²) in [6.07, 6.45) is 5.97. The molecule has 1 aliphatic rings. The Labute approximate surface area is 128 Å². The maximum atomic E-state index is 6.49. The number of halogens is 3. The number of hydrogen-bond donors (Lipinski definition) is 0. The van der Waals surface area contributed by atoms with Gasteiger partial charge in [-0.3, -0.25) is 0 Å². The van der Waals surface area contributed by atoms with Crippen molar-refractivity contribution >= 4 is 39.1 Å². The van der Waals surface area contributed by atoms with Gasteiger partial charge >= 0.3 is 0 Å². The molecule has 18 heavy (non-hydrogen) atoms. The van der Waals surface area contributed by atoms with Crippen molar-refractivity contribution in [1.82, 2.24) is 0 Å². The first-order valence-corrected chi connectivity index (χ1v) is 8.29. The summed E-state index contributed by atoms with van der Waals surface area (Å²) >= 11 is 16.2. The maximum Gasteiger partial charge on any atom is 0.0449 e. The van der Waals surface area contributed by atoms with Crippen molar-refractivity contribution in [2.45, 2.75) is 44.4 Å². The van der Waals surface area contributed by atoms with E-state index in [0.29, 0.717) is 11.3 Å². The number of rotatable bonds is 3. The summed E-state index contributed by atoms with van der Waals surface area (Å²) in [5, 5.41) is 1.17. The van der Waals surface area contributed by atoms with Crippen LogP contribution >= 0.6 is 39.1 Å². The standard InChI is InChI=1S/C15H19BrCl2/c1-2-10-3-6-14(17)12(7-10)8-11-4-5-13(16)9-15(11)18/h4-5,9-10,12,14H,2-3,6-8H2,1H3. The Hall–Kier alpha value is 0.280. The third-order valence-electron chi connectivity index (χ3n) is 4.07. The first-order valence-electron chi connectivity index (χ1n) is 6.68. The van der Waals surface area contributed by atoms with Gasteiger partial charge in [0.1, 0.15) is 0 Å². The van der Waals surface area contributed by atoms with E-state index in [-0.39, 0.29) is 0 Å². The molecule has 0 nitrogen and oxygen atoms in total. The molecule has 100 valence electrons. The van der Waals surface area contributed by atoms with Crippen molar-refractivity contribution in [3.05, 3.63) is 33.3 Å². The van der Waals surface area contributed by atoms with Gasteiger partial charge in [0, 0.05) is 14.9 Å². The van der Waals surface area contributed by atoms with Crippen LogP contribution in [0.4, 0.5) is 0 Å². The van der Waals surface area contributed by atoms with Crippen LogP contribution in [0.3, 0.4) is 0 Å². The lowest BCUT2D eigenvalue weighted by molar-refractivity contribution is 0.265. The molecule has 0 saturated heterocycles. The predicted octanol–water partition coefficient (Wildman–Crippen LogP) is 6.08. The van der Waals surface area contributed by atoms with Gasteiger partial charge in [-0.25, -0.2) is 0 Å². The average molecular weight is 350 g/mol. The van der Waals surface area contributed by atoms with Crippen LogP contribution in [0.1, 0.15) is 38.2 Å². The summed E-state index contributed by atoms with van der Waals surface area (Å²) in [7, 11) is 0. The van der Waals surface area contributed by atoms with E-state index in [4.69, 9.17) is 23.2 Å². The quantitative estimate of drug-likeness (QED) is 0.580. The maximum absolute atomic E-state index is 6.49. The van der Waals surface area contributed by atoms with Crippen molar-refractivity contribution < 1.29 is 0 Å². The monoisotopic (exact) mass is 348 g/mol. The van der Waals surface area contributed by atoms with Crippen LogP contribution in [0.15, 0.2) is 22.7 Å². The highest BCUT2D eigenvalue weighted by Crippen LogP contribution is 2.37. The molecule has 0 aromatic heterocycles. The van der Waals surface area contributed by atoms with Gasteiger partial charge in [-0.1, -0.05) is 46.9 Å². The molecular weight excluding hydrogens is 331 g/mol. The fraction of sp³-hybridized carbons (Fsp3) is 0.600. The smallest absolute Gasteiger partial charge is 0.0449 e. The molecule has 0 N–H and O–H groups in total. The van der Waals surface area contributed by atoms with Gasteiger partial charge < -0.3 is 0 Å². The van der Waals surface area contributed by atoms with Crippen LogP contribution in [0.25, 0.3) is 0 Å². The lowest BCUT2D eigenvalue weighted by Crippen LogP contribution is -2.27. The van der Waals surface area contributed by atoms with Crippen molar-refractivity contribution in [3.63, 3.8) is 0 Å². The first-order chi connectivity index (χ1) is 8.60. The number of benzene rings is 1. The molecule has 0 spiro atoms. The fourth-order valence-corrected chi connectivity index (χ4v) is 3.94. The minimum atomic E-state index is 0.313. The van der Waals surface area contributed by atoms with E-state index in [1.54, 1.807) is 0 Å². The van der Waals surface area contributed by atoms with Gasteiger partial charge in [-0.05, 0) is 55.2 Å². The topological polar surface area (TPSA) is 0 Å². The van der Waals surface area contributed by atoms with E-state index in [0.717, 1.165) is 28.3 Å². The van der Waals surface area contributed by atoms with Gasteiger partial charge in [0.15, 0.2) is 0 Å². The second-order valence-corrected chi connectivity index (χ2v) is 7.19. The Morgan fingerprint density at radius 3 is 2.78 bits per heavy atom. The first kappa shape index (κ1) is 14.7. The second-order valence-electron chi connectivity index (χ2n) is 5.30. The van der Waals surface area contributed by atoms with E-state index in [1.807, 2.05) is 6.07 Å². The largest absolute Gasteiger partial charge is 0.123 e. The van der Waals surface area contributed by atoms with Crippen LogP contribution in [0.5, 0.6) is 0 Å². The minimum Gasteiger partial charge on any atom is -0.123 e. The summed E-state index contributed by atoms with van der Waals surface area (Å²) in [4.78, 5) is 0. The zero-order valence-corrected chi connectivity index (χ0v) is 13.7. The molecule has 1 saturated carbocycles. The lowest BCUT2D eigenvalue weighted by Gasteiger charge is -2.32. The van der Waals surface area contributed by atoms with Crippen LogP contribution in [0.2, 0.25) is 5.02 Å². The van der Waals surface area contributed by atoms with Crippen LogP contribution < -0.4 is 0 Å². The molecule has 0 amide bonds. The van der Waals surface area contributed by atoms with Crippen LogP contribution in [-0.4, -0.2) is 5.38 Å². The Balaban J connectivity index is 2.07. The average Bonchev–Trinajstić information content (AvgIpc) is 2.35. The second kappa shape index (κ2) is 6.63. The molecule has 1 aliphatic carbocycles. The summed E-state index contributed by atoms with van der Waals surface area (Å²) in [6.45, 7) is 2.28. The molecular formula is C15H19BrCl2. The Morgan fingerprint density at radius 2 is 2.11 bits per heavy atom. The third kappa shape index (κ3) is 3.65. The van der Waals surface area contributed by atoms with E-state index in [9.17, 15) is 0 Å². The van der Waals surface area contributed by atoms with Gasteiger partial charge in [0.25, 0.3) is 0 Å². The van der Waals surface area contributed by atoms with Crippen molar-refractivity contribution in [1.29, 1.82) is 0 Å². The highest BCUT2D eigenvalue weighted by Gasteiger charge is 2.28. The zero-order valence-electron chi connectivity index (χ0n) is 10.6. The van der Waals surface area contributed by atoms with E-state index < -0.39 is 0 Å². The molecule has 0 aliphatic heterocycles. The summed E-state index contributed by atoms with van der Waals surface area (Å²) < 4.78 is 1.04. The Morgan fingerprint density at radius 1 is 1.33 bits per heavy atom. The molecule has 0 heterocycles. The molecule has 2 rings (SSSR count). The van der Waals surface area contributed by atoms with Crippen LogP contribution in [-0.2, 0) is 6.42 Å². The zero-order chi connectivity index (χ0) is 13.1. The summed E-state index contributed by atoms with van der Waals surface area (Å²) in [6, 6.07) is 6.15. The van der Waals surface area contributed by atoms with Crippen molar-refractivity contribution in [3.8, 4) is 0 Å². The van der Waals surface area contributed by atoms with E-state index in [1.165, 1.54) is 24.8 Å². The highest BCUT2D eigenvalue weighted by atomic mass is 79.9. The molecule has 1 aromatic rings. The highest BCUT2D eigenvalue weighted by molar-refractivity contribution is 9.10. The molecule has 3 unspecified atom stereocenters. The molecule has 3 atom stereocenters. The van der Waals surface area contributed by atoms with E-state index in [2.05, 4.69) is 35.0 Å². The van der Waals surface area contributed by atoms with Crippen molar-refractivity contribution in [2.75, 3.05) is 0 Å². The fourth-order valence-electron chi connectivity index (χ4n) is 2.88. The molecule has 1 fully saturated rings. The molecule has 0 bridgehead atoms. The normalized spacial score (nSPS) is 28.3. The summed E-state index contributed by atoms with van der Waals surface area (Å²) in [5.74, 6) is 1.42. The SMILES string of the molecule is CCC1CCC(Cl)C(Cc2ccc(Br)cc2Cl)C1. The third-order valence-corrected chi connectivity index (χ3v) is 5.49. The molecule has 1 aromatic carbocycles. The lowest BCUT2D eigenvalue weighted by atomic mass is 9.77.